The van der Waals surface area contributed by atoms with Gasteiger partial charge in [0.25, 0.3) is 0 Å². The minimum absolute atomic E-state index is 0.0164. The lowest BCUT2D eigenvalue weighted by atomic mass is 9.98. The van der Waals surface area contributed by atoms with Gasteiger partial charge in [0.15, 0.2) is 11.5 Å². The highest BCUT2D eigenvalue weighted by Gasteiger charge is 2.18. The molecule has 0 fully saturated rings. The minimum Gasteiger partial charge on any atom is -0.493 e. The average Bonchev–Trinajstić information content (AvgIpc) is 2.43. The molecular weight excluding hydrogens is 256 g/mol. The van der Waals surface area contributed by atoms with Crippen LogP contribution in [0.3, 0.4) is 0 Å². The summed E-state index contributed by atoms with van der Waals surface area (Å²) < 4.78 is 10.5. The molecule has 1 aromatic rings. The van der Waals surface area contributed by atoms with Crippen molar-refractivity contribution >= 4 is 5.91 Å². The zero-order valence-corrected chi connectivity index (χ0v) is 12.6. The summed E-state index contributed by atoms with van der Waals surface area (Å²) in [6, 6.07) is 5.75. The molecule has 0 aliphatic rings. The van der Waals surface area contributed by atoms with Gasteiger partial charge in [0, 0.05) is 12.6 Å². The lowest BCUT2D eigenvalue weighted by Crippen LogP contribution is -2.39. The average molecular weight is 280 g/mol. The first-order chi connectivity index (χ1) is 9.51. The molecule has 3 N–H and O–H groups in total. The van der Waals surface area contributed by atoms with E-state index in [1.807, 2.05) is 32.0 Å². The smallest absolute Gasteiger partial charge is 0.224 e. The molecule has 5 nitrogen and oxygen atoms in total. The van der Waals surface area contributed by atoms with E-state index >= 15 is 0 Å². The van der Waals surface area contributed by atoms with Gasteiger partial charge in [-0.2, -0.15) is 0 Å². The number of methoxy groups -OCH3 is 2. The molecule has 0 bridgehead atoms. The Morgan fingerprint density at radius 3 is 2.40 bits per heavy atom. The van der Waals surface area contributed by atoms with Crippen molar-refractivity contribution in [2.24, 2.45) is 11.7 Å². The fraction of sp³-hybridized carbons (Fsp3) is 0.533. The molecule has 1 atom stereocenters. The molecule has 0 radical (unpaired) electrons. The van der Waals surface area contributed by atoms with Crippen LogP contribution in [0, 0.1) is 5.92 Å². The standard InChI is InChI=1S/C15H24N2O3/c1-10(2)17-15(18)12(9-16)7-11-5-6-13(19-3)14(8-11)20-4/h5-6,8,10,12H,7,9,16H2,1-4H3,(H,17,18). The third-order valence-corrected chi connectivity index (χ3v) is 3.02. The summed E-state index contributed by atoms with van der Waals surface area (Å²) in [6.45, 7) is 4.18. The molecule has 0 aromatic heterocycles. The highest BCUT2D eigenvalue weighted by Crippen LogP contribution is 2.28. The molecule has 1 unspecified atom stereocenters. The molecule has 1 aromatic carbocycles. The van der Waals surface area contributed by atoms with Crippen molar-refractivity contribution in [1.29, 1.82) is 0 Å². The molecule has 0 aliphatic heterocycles. The van der Waals surface area contributed by atoms with Crippen molar-refractivity contribution in [2.75, 3.05) is 20.8 Å². The van der Waals surface area contributed by atoms with Crippen LogP contribution in [0.15, 0.2) is 18.2 Å². The molecule has 0 heterocycles. The number of amides is 1. The third kappa shape index (κ3) is 4.42. The van der Waals surface area contributed by atoms with Crippen LogP contribution in [-0.2, 0) is 11.2 Å². The van der Waals surface area contributed by atoms with Crippen molar-refractivity contribution < 1.29 is 14.3 Å². The summed E-state index contributed by atoms with van der Waals surface area (Å²) >= 11 is 0. The Labute approximate surface area is 120 Å². The van der Waals surface area contributed by atoms with Gasteiger partial charge in [-0.3, -0.25) is 4.79 Å². The highest BCUT2D eigenvalue weighted by atomic mass is 16.5. The summed E-state index contributed by atoms with van der Waals surface area (Å²) in [5.74, 6) is 1.07. The SMILES string of the molecule is COc1ccc(CC(CN)C(=O)NC(C)C)cc1OC. The van der Waals surface area contributed by atoms with Gasteiger partial charge in [-0.25, -0.2) is 0 Å². The molecule has 0 saturated heterocycles. The zero-order valence-electron chi connectivity index (χ0n) is 12.6. The van der Waals surface area contributed by atoms with Crippen molar-refractivity contribution in [1.82, 2.24) is 5.32 Å². The number of ether oxygens (including phenoxy) is 2. The van der Waals surface area contributed by atoms with Crippen LogP contribution in [-0.4, -0.2) is 32.7 Å². The molecule has 1 amide bonds. The maximum Gasteiger partial charge on any atom is 0.224 e. The molecule has 0 saturated carbocycles. The Bertz CT molecular complexity index is 447. The summed E-state index contributed by atoms with van der Waals surface area (Å²) in [5.41, 5.74) is 6.70. The Balaban J connectivity index is 2.82. The Hall–Kier alpha value is -1.75. The highest BCUT2D eigenvalue weighted by molar-refractivity contribution is 5.79. The summed E-state index contributed by atoms with van der Waals surface area (Å²) in [6.07, 6.45) is 0.579. The molecule has 112 valence electrons. The van der Waals surface area contributed by atoms with Gasteiger partial charge in [-0.1, -0.05) is 6.07 Å². The lowest BCUT2D eigenvalue weighted by Gasteiger charge is -2.17. The predicted octanol–water partition coefficient (Wildman–Crippen LogP) is 1.35. The van der Waals surface area contributed by atoms with Crippen molar-refractivity contribution in [3.8, 4) is 11.5 Å². The van der Waals surface area contributed by atoms with E-state index in [-0.39, 0.29) is 17.9 Å². The van der Waals surface area contributed by atoms with E-state index in [1.165, 1.54) is 0 Å². The second-order valence-electron chi connectivity index (χ2n) is 4.99. The monoisotopic (exact) mass is 280 g/mol. The van der Waals surface area contributed by atoms with Crippen LogP contribution in [0.5, 0.6) is 11.5 Å². The first-order valence-corrected chi connectivity index (χ1v) is 6.73. The van der Waals surface area contributed by atoms with E-state index in [0.717, 1.165) is 5.56 Å². The fourth-order valence-electron chi connectivity index (χ4n) is 1.98. The van der Waals surface area contributed by atoms with Crippen LogP contribution in [0.2, 0.25) is 0 Å². The van der Waals surface area contributed by atoms with Crippen LogP contribution < -0.4 is 20.5 Å². The van der Waals surface area contributed by atoms with Gasteiger partial charge in [-0.05, 0) is 38.0 Å². The van der Waals surface area contributed by atoms with Crippen LogP contribution in [0.1, 0.15) is 19.4 Å². The zero-order chi connectivity index (χ0) is 15.1. The van der Waals surface area contributed by atoms with E-state index < -0.39 is 0 Å². The first kappa shape index (κ1) is 16.3. The van der Waals surface area contributed by atoms with E-state index in [1.54, 1.807) is 14.2 Å². The van der Waals surface area contributed by atoms with Gasteiger partial charge in [0.1, 0.15) is 0 Å². The minimum atomic E-state index is -0.240. The fourth-order valence-corrected chi connectivity index (χ4v) is 1.98. The van der Waals surface area contributed by atoms with Crippen LogP contribution >= 0.6 is 0 Å². The number of carbonyl (C=O) groups excluding carboxylic acids is 1. The molecular formula is C15H24N2O3. The number of nitrogens with two attached hydrogens (primary N) is 1. The number of hydrogen-bond acceptors (Lipinski definition) is 4. The number of carbonyl (C=O) groups is 1. The maximum atomic E-state index is 12.0. The summed E-state index contributed by atoms with van der Waals surface area (Å²) in [7, 11) is 3.18. The number of rotatable bonds is 7. The predicted molar refractivity (Wildman–Crippen MR) is 79.1 cm³/mol. The van der Waals surface area contributed by atoms with Gasteiger partial charge in [0.2, 0.25) is 5.91 Å². The van der Waals surface area contributed by atoms with Crippen LogP contribution in [0.25, 0.3) is 0 Å². The van der Waals surface area contributed by atoms with Gasteiger partial charge >= 0.3 is 0 Å². The Kier molecular flexibility index (Phi) is 6.31. The van der Waals surface area contributed by atoms with Crippen molar-refractivity contribution in [3.63, 3.8) is 0 Å². The summed E-state index contributed by atoms with van der Waals surface area (Å²) in [5, 5.41) is 2.89. The first-order valence-electron chi connectivity index (χ1n) is 6.73. The quantitative estimate of drug-likeness (QED) is 0.790. The molecule has 1 rings (SSSR count). The maximum absolute atomic E-state index is 12.0. The second kappa shape index (κ2) is 7.75. The van der Waals surface area contributed by atoms with Gasteiger partial charge < -0.3 is 20.5 Å². The van der Waals surface area contributed by atoms with E-state index in [0.29, 0.717) is 24.5 Å². The van der Waals surface area contributed by atoms with Gasteiger partial charge in [-0.15, -0.1) is 0 Å². The lowest BCUT2D eigenvalue weighted by molar-refractivity contribution is -0.125. The molecule has 20 heavy (non-hydrogen) atoms. The molecule has 0 aliphatic carbocycles. The third-order valence-electron chi connectivity index (χ3n) is 3.02. The number of nitrogens with one attached hydrogen (secondary N) is 1. The number of hydrogen-bond donors (Lipinski definition) is 2. The largest absolute Gasteiger partial charge is 0.493 e. The van der Waals surface area contributed by atoms with E-state index in [2.05, 4.69) is 5.32 Å². The normalized spacial score (nSPS) is 12.1. The molecule has 0 spiro atoms. The van der Waals surface area contributed by atoms with Crippen molar-refractivity contribution in [3.05, 3.63) is 23.8 Å². The Morgan fingerprint density at radius 1 is 1.25 bits per heavy atom. The van der Waals surface area contributed by atoms with Gasteiger partial charge in [0.05, 0.1) is 20.1 Å². The second-order valence-corrected chi connectivity index (χ2v) is 4.99. The van der Waals surface area contributed by atoms with Crippen molar-refractivity contribution in [2.45, 2.75) is 26.3 Å². The van der Waals surface area contributed by atoms with E-state index in [4.69, 9.17) is 15.2 Å². The molecule has 5 heteroatoms. The Morgan fingerprint density at radius 2 is 1.90 bits per heavy atom. The topological polar surface area (TPSA) is 73.6 Å². The number of benzene rings is 1. The van der Waals surface area contributed by atoms with E-state index in [9.17, 15) is 4.79 Å². The summed E-state index contributed by atoms with van der Waals surface area (Å²) in [4.78, 5) is 12.0. The van der Waals surface area contributed by atoms with Crippen LogP contribution in [0.4, 0.5) is 0 Å².